The lowest BCUT2D eigenvalue weighted by molar-refractivity contribution is -0.0493. The number of piperidine rings is 1. The van der Waals surface area contributed by atoms with Crippen molar-refractivity contribution in [3.8, 4) is 5.75 Å². The van der Waals surface area contributed by atoms with Gasteiger partial charge < -0.3 is 9.47 Å². The fourth-order valence-corrected chi connectivity index (χ4v) is 6.33. The highest BCUT2D eigenvalue weighted by Crippen LogP contribution is 2.51. The lowest BCUT2D eigenvalue weighted by Gasteiger charge is -2.46. The van der Waals surface area contributed by atoms with Gasteiger partial charge in [-0.25, -0.2) is 13.1 Å². The van der Waals surface area contributed by atoms with E-state index >= 15 is 0 Å². The summed E-state index contributed by atoms with van der Waals surface area (Å²) in [6.45, 7) is 1.87. The first-order valence-corrected chi connectivity index (χ1v) is 12.7. The Labute approximate surface area is 176 Å². The summed E-state index contributed by atoms with van der Waals surface area (Å²) < 4.78 is 39.4. The Bertz CT molecular complexity index is 836. The molecule has 1 aliphatic carbocycles. The SMILES string of the molecule is BC1(B)C[C@H]2CC[C@@H]1c1ccccc1OCN1CCC[C@H](NS(C)(=O)=O)[C@@H]1CO2. The normalized spacial score (nSPS) is 32.9. The molecular weight excluding hydrogens is 386 g/mol. The van der Waals surface area contributed by atoms with E-state index in [1.807, 2.05) is 6.07 Å². The average molecular weight is 418 g/mol. The zero-order valence-electron chi connectivity index (χ0n) is 17.8. The lowest BCUT2D eigenvalue weighted by atomic mass is 9.42. The molecule has 2 fully saturated rings. The van der Waals surface area contributed by atoms with Crippen molar-refractivity contribution in [3.63, 3.8) is 0 Å². The van der Waals surface area contributed by atoms with Crippen molar-refractivity contribution in [1.29, 1.82) is 0 Å². The molecule has 29 heavy (non-hydrogen) atoms. The van der Waals surface area contributed by atoms with E-state index in [4.69, 9.17) is 9.47 Å². The van der Waals surface area contributed by atoms with Crippen LogP contribution in [0.15, 0.2) is 24.3 Å². The highest BCUT2D eigenvalue weighted by molar-refractivity contribution is 7.88. The molecule has 4 atom stereocenters. The predicted octanol–water partition coefficient (Wildman–Crippen LogP) is 0.454. The largest absolute Gasteiger partial charge is 0.478 e. The molecule has 0 radical (unpaired) electrons. The smallest absolute Gasteiger partial charge is 0.209 e. The molecule has 5 rings (SSSR count). The summed E-state index contributed by atoms with van der Waals surface area (Å²) in [6, 6.07) is 8.24. The van der Waals surface area contributed by atoms with Crippen LogP contribution in [0.5, 0.6) is 5.75 Å². The van der Waals surface area contributed by atoms with Crippen LogP contribution >= 0.6 is 0 Å². The zero-order valence-corrected chi connectivity index (χ0v) is 18.6. The van der Waals surface area contributed by atoms with E-state index in [9.17, 15) is 8.42 Å². The molecule has 0 aromatic heterocycles. The second-order valence-electron chi connectivity index (χ2n) is 9.61. The Morgan fingerprint density at radius 2 is 2.00 bits per heavy atom. The topological polar surface area (TPSA) is 67.9 Å². The minimum atomic E-state index is -3.28. The van der Waals surface area contributed by atoms with Crippen molar-refractivity contribution in [3.05, 3.63) is 29.8 Å². The summed E-state index contributed by atoms with van der Waals surface area (Å²) in [5, 5.41) is 0.123. The lowest BCUT2D eigenvalue weighted by Crippen LogP contribution is -2.58. The van der Waals surface area contributed by atoms with Gasteiger partial charge in [0.1, 0.15) is 28.2 Å². The molecule has 0 spiro atoms. The highest BCUT2D eigenvalue weighted by Gasteiger charge is 2.41. The molecule has 9 heteroatoms. The molecule has 0 unspecified atom stereocenters. The third kappa shape index (κ3) is 4.84. The van der Waals surface area contributed by atoms with E-state index in [2.05, 4.69) is 43.5 Å². The van der Waals surface area contributed by atoms with Gasteiger partial charge in [-0.2, -0.15) is 0 Å². The van der Waals surface area contributed by atoms with Crippen molar-refractivity contribution in [1.82, 2.24) is 9.62 Å². The number of hydrogen-bond acceptors (Lipinski definition) is 5. The Hall–Kier alpha value is -1.02. The fraction of sp³-hybridized carbons (Fsp3) is 0.700. The van der Waals surface area contributed by atoms with Crippen LogP contribution in [-0.2, 0) is 14.8 Å². The van der Waals surface area contributed by atoms with Crippen LogP contribution in [0.3, 0.4) is 0 Å². The van der Waals surface area contributed by atoms with Crippen LogP contribution < -0.4 is 9.46 Å². The number of benzene rings is 1. The Balaban J connectivity index is 1.65. The first kappa shape index (κ1) is 21.2. The first-order chi connectivity index (χ1) is 13.7. The Morgan fingerprint density at radius 3 is 2.76 bits per heavy atom. The molecule has 3 heterocycles. The van der Waals surface area contributed by atoms with Crippen molar-refractivity contribution in [2.24, 2.45) is 0 Å². The van der Waals surface area contributed by atoms with E-state index in [0.29, 0.717) is 19.3 Å². The molecule has 1 saturated heterocycles. The first-order valence-electron chi connectivity index (χ1n) is 10.8. The van der Waals surface area contributed by atoms with E-state index in [0.717, 1.165) is 44.4 Å². The molecule has 158 valence electrons. The van der Waals surface area contributed by atoms with E-state index in [1.54, 1.807) is 0 Å². The number of rotatable bonds is 2. The second kappa shape index (κ2) is 8.25. The number of hydrogen-bond donors (Lipinski definition) is 1. The summed E-state index contributed by atoms with van der Waals surface area (Å²) in [6.07, 6.45) is 6.33. The van der Waals surface area contributed by atoms with Gasteiger partial charge >= 0.3 is 0 Å². The van der Waals surface area contributed by atoms with Gasteiger partial charge in [0.2, 0.25) is 10.0 Å². The van der Waals surface area contributed by atoms with Crippen LogP contribution in [0.2, 0.25) is 5.21 Å². The zero-order chi connectivity index (χ0) is 20.6. The standard InChI is InChI=1S/C20H32B2N2O4S/c1-29(25,26)23-17-6-4-10-24-13-28-19-7-3-2-5-15(19)16-9-8-14(11-20(16,21)22)27-12-18(17)24/h2-3,5,7,14,16-18,23H,4,6,8-13,21-22H2,1H3/t14-,16-,17+,18+/m1/s1. The van der Waals surface area contributed by atoms with E-state index in [-0.39, 0.29) is 23.4 Å². The maximum absolute atomic E-state index is 11.9. The predicted molar refractivity (Wildman–Crippen MR) is 120 cm³/mol. The average Bonchev–Trinajstić information content (AvgIpc) is 2.63. The van der Waals surface area contributed by atoms with Gasteiger partial charge in [-0.3, -0.25) is 4.90 Å². The second-order valence-corrected chi connectivity index (χ2v) is 11.4. The maximum atomic E-state index is 11.9. The van der Waals surface area contributed by atoms with Crippen LogP contribution in [0.1, 0.15) is 43.6 Å². The minimum absolute atomic E-state index is 0.0223. The van der Waals surface area contributed by atoms with Gasteiger partial charge in [0.25, 0.3) is 0 Å². The molecule has 1 saturated carbocycles. The van der Waals surface area contributed by atoms with Crippen LogP contribution in [0, 0.1) is 0 Å². The number of nitrogens with zero attached hydrogens (tertiary/aromatic N) is 1. The molecule has 2 bridgehead atoms. The summed E-state index contributed by atoms with van der Waals surface area (Å²) in [5.74, 6) is 1.41. The molecular formula is C20H32B2N2O4S. The van der Waals surface area contributed by atoms with E-state index < -0.39 is 10.0 Å². The molecule has 1 aromatic rings. The maximum Gasteiger partial charge on any atom is 0.209 e. The van der Waals surface area contributed by atoms with Gasteiger partial charge in [0.05, 0.1) is 25.0 Å². The number of fused-ring (bicyclic) bond motifs is 4. The van der Waals surface area contributed by atoms with Crippen molar-refractivity contribution in [2.45, 2.75) is 61.4 Å². The fourth-order valence-electron chi connectivity index (χ4n) is 5.50. The minimum Gasteiger partial charge on any atom is -0.478 e. The summed E-state index contributed by atoms with van der Waals surface area (Å²) in [5.41, 5.74) is 1.29. The highest BCUT2D eigenvalue weighted by atomic mass is 32.2. The van der Waals surface area contributed by atoms with Gasteiger partial charge in [0.15, 0.2) is 0 Å². The van der Waals surface area contributed by atoms with E-state index in [1.165, 1.54) is 11.8 Å². The summed E-state index contributed by atoms with van der Waals surface area (Å²) in [7, 11) is 1.38. The van der Waals surface area contributed by atoms with Gasteiger partial charge in [-0.15, -0.1) is 0 Å². The number of nitrogens with one attached hydrogen (secondary N) is 1. The summed E-state index contributed by atoms with van der Waals surface area (Å²) in [4.78, 5) is 2.24. The van der Waals surface area contributed by atoms with Gasteiger partial charge in [-0.1, -0.05) is 23.4 Å². The molecule has 6 nitrogen and oxygen atoms in total. The van der Waals surface area contributed by atoms with Gasteiger partial charge in [-0.05, 0) is 49.7 Å². The third-order valence-electron chi connectivity index (χ3n) is 6.92. The Morgan fingerprint density at radius 1 is 1.21 bits per heavy atom. The van der Waals surface area contributed by atoms with Crippen LogP contribution in [0.4, 0.5) is 0 Å². The van der Waals surface area contributed by atoms with Crippen LogP contribution in [0.25, 0.3) is 0 Å². The third-order valence-corrected chi connectivity index (χ3v) is 7.65. The Kier molecular flexibility index (Phi) is 6.04. The van der Waals surface area contributed by atoms with Crippen molar-refractivity contribution >= 4 is 25.7 Å². The molecule has 0 amide bonds. The molecule has 3 aliphatic heterocycles. The van der Waals surface area contributed by atoms with Gasteiger partial charge in [0, 0.05) is 12.6 Å². The van der Waals surface area contributed by atoms with Crippen LogP contribution in [-0.4, -0.2) is 73.3 Å². The van der Waals surface area contributed by atoms with Crippen molar-refractivity contribution in [2.75, 3.05) is 26.1 Å². The quantitative estimate of drug-likeness (QED) is 0.707. The molecule has 1 N–H and O–H groups in total. The molecule has 1 aromatic carbocycles. The molecule has 4 aliphatic rings. The van der Waals surface area contributed by atoms with Crippen molar-refractivity contribution < 1.29 is 17.9 Å². The number of sulfonamides is 1. The number of para-hydroxylation sites is 1. The monoisotopic (exact) mass is 418 g/mol. The summed E-state index contributed by atoms with van der Waals surface area (Å²) >= 11 is 0. The number of ether oxygens (including phenoxy) is 2.